The fourth-order valence-electron chi connectivity index (χ4n) is 5.00. The molecule has 0 radical (unpaired) electrons. The van der Waals surface area contributed by atoms with Crippen molar-refractivity contribution in [2.24, 2.45) is 0 Å². The predicted octanol–water partition coefficient (Wildman–Crippen LogP) is 3.87. The van der Waals surface area contributed by atoms with Crippen molar-refractivity contribution in [3.63, 3.8) is 0 Å². The number of hydrogen-bond acceptors (Lipinski definition) is 8. The second-order valence-corrected chi connectivity index (χ2v) is 9.39. The number of alkyl halides is 3. The number of nitro benzene ring substituents is 1. The summed E-state index contributed by atoms with van der Waals surface area (Å²) >= 11 is 0. The third-order valence-corrected chi connectivity index (χ3v) is 7.15. The van der Waals surface area contributed by atoms with E-state index in [2.05, 4.69) is 15.3 Å². The van der Waals surface area contributed by atoms with E-state index in [1.807, 2.05) is 0 Å². The fraction of sp³-hybridized carbons (Fsp3) is 0.458. The molecule has 11 nitrogen and oxygen atoms in total. The minimum Gasteiger partial charge on any atom is -0.381 e. The largest absolute Gasteiger partial charge is 0.416 e. The molecular formula is C24H25F3N6O5. The first-order valence-electron chi connectivity index (χ1n) is 11.9. The van der Waals surface area contributed by atoms with Crippen molar-refractivity contribution < 1.29 is 32.4 Å². The molecular weight excluding hydrogens is 509 g/mol. The van der Waals surface area contributed by atoms with E-state index < -0.39 is 34.0 Å². The smallest absolute Gasteiger partial charge is 0.381 e. The molecule has 0 bridgehead atoms. The molecule has 1 saturated heterocycles. The van der Waals surface area contributed by atoms with E-state index >= 15 is 0 Å². The van der Waals surface area contributed by atoms with Gasteiger partial charge in [-0.1, -0.05) is 0 Å². The van der Waals surface area contributed by atoms with E-state index in [1.165, 1.54) is 7.11 Å². The van der Waals surface area contributed by atoms with Crippen molar-refractivity contribution >= 4 is 23.2 Å². The van der Waals surface area contributed by atoms with Crippen molar-refractivity contribution in [3.05, 3.63) is 63.1 Å². The molecule has 38 heavy (non-hydrogen) atoms. The predicted molar refractivity (Wildman–Crippen MR) is 127 cm³/mol. The lowest BCUT2D eigenvalue weighted by molar-refractivity contribution is -0.385. The lowest BCUT2D eigenvalue weighted by Gasteiger charge is -2.37. The Kier molecular flexibility index (Phi) is 6.47. The minimum atomic E-state index is -4.75. The number of hydrogen-bond donors (Lipinski definition) is 1. The number of rotatable bonds is 6. The zero-order valence-corrected chi connectivity index (χ0v) is 20.6. The molecule has 1 atom stereocenters. The maximum absolute atomic E-state index is 13.6. The first-order chi connectivity index (χ1) is 18.0. The van der Waals surface area contributed by atoms with Crippen LogP contribution in [-0.4, -0.2) is 56.0 Å². The zero-order valence-electron chi connectivity index (χ0n) is 20.6. The molecule has 1 amide bonds. The highest BCUT2D eigenvalue weighted by Gasteiger charge is 2.45. The number of ether oxygens (including phenoxy) is 2. The van der Waals surface area contributed by atoms with Gasteiger partial charge in [0, 0.05) is 63.3 Å². The quantitative estimate of drug-likeness (QED) is 0.374. The number of carbonyl (C=O) groups excluding carboxylic acids is 1. The highest BCUT2D eigenvalue weighted by molar-refractivity contribution is 5.86. The molecule has 2 aliphatic heterocycles. The van der Waals surface area contributed by atoms with Gasteiger partial charge in [-0.25, -0.2) is 4.98 Å². The van der Waals surface area contributed by atoms with Gasteiger partial charge in [-0.15, -0.1) is 0 Å². The number of imidazole rings is 1. The molecule has 5 rings (SSSR count). The highest BCUT2D eigenvalue weighted by atomic mass is 19.4. The number of amides is 1. The van der Waals surface area contributed by atoms with Crippen LogP contribution < -0.4 is 5.32 Å². The summed E-state index contributed by atoms with van der Waals surface area (Å²) in [5, 5.41) is 14.4. The third-order valence-electron chi connectivity index (χ3n) is 7.15. The molecule has 1 N–H and O–H groups in total. The number of nitro groups is 1. The van der Waals surface area contributed by atoms with Crippen LogP contribution in [0.3, 0.4) is 0 Å². The summed E-state index contributed by atoms with van der Waals surface area (Å²) in [7, 11) is 1.50. The normalized spacial score (nSPS) is 17.9. The number of benzene rings is 1. The molecule has 3 aromatic rings. The molecule has 0 saturated carbocycles. The number of fused-ring (bicyclic) bond motifs is 3. The van der Waals surface area contributed by atoms with Gasteiger partial charge in [0.2, 0.25) is 5.78 Å². The summed E-state index contributed by atoms with van der Waals surface area (Å²) in [6.45, 7) is 2.85. The van der Waals surface area contributed by atoms with Gasteiger partial charge in [-0.3, -0.25) is 19.3 Å². The van der Waals surface area contributed by atoms with Gasteiger partial charge in [0.15, 0.2) is 5.60 Å². The molecule has 0 spiro atoms. The average Bonchev–Trinajstić information content (AvgIpc) is 3.55. The SMILES string of the molecule is COC1(C(=O)N2Cc3c(N[C@H](C)c4cc([N+](=O)[O-])cc(C(F)(F)F)c4)nc4nccn4c3C2)CCOCC1. The number of non-ortho nitro benzene ring substituents is 1. The second kappa shape index (κ2) is 9.51. The van der Waals surface area contributed by atoms with Gasteiger partial charge in [-0.2, -0.15) is 18.2 Å². The number of nitrogens with one attached hydrogen (secondary N) is 1. The molecule has 4 heterocycles. The Morgan fingerprint density at radius 1 is 1.26 bits per heavy atom. The average molecular weight is 534 g/mol. The van der Waals surface area contributed by atoms with E-state index in [1.54, 1.807) is 28.6 Å². The van der Waals surface area contributed by atoms with Crippen molar-refractivity contribution in [2.45, 2.75) is 50.7 Å². The van der Waals surface area contributed by atoms with E-state index in [-0.39, 0.29) is 24.6 Å². The maximum Gasteiger partial charge on any atom is 0.416 e. The lowest BCUT2D eigenvalue weighted by atomic mass is 9.92. The summed E-state index contributed by atoms with van der Waals surface area (Å²) in [6.07, 6.45) is -0.628. The van der Waals surface area contributed by atoms with Crippen LogP contribution in [0.15, 0.2) is 30.6 Å². The Labute approximate surface area is 214 Å². The van der Waals surface area contributed by atoms with Crippen LogP contribution in [0, 0.1) is 10.1 Å². The molecule has 2 aromatic heterocycles. The van der Waals surface area contributed by atoms with E-state index in [9.17, 15) is 28.1 Å². The van der Waals surface area contributed by atoms with E-state index in [4.69, 9.17) is 9.47 Å². The molecule has 202 valence electrons. The monoisotopic (exact) mass is 534 g/mol. The summed E-state index contributed by atoms with van der Waals surface area (Å²) in [6, 6.07) is 1.71. The molecule has 14 heteroatoms. The Morgan fingerprint density at radius 2 is 2.00 bits per heavy atom. The van der Waals surface area contributed by atoms with Gasteiger partial charge in [0.1, 0.15) is 5.82 Å². The van der Waals surface area contributed by atoms with Gasteiger partial charge in [0.05, 0.1) is 35.3 Å². The van der Waals surface area contributed by atoms with E-state index in [0.717, 1.165) is 17.8 Å². The minimum absolute atomic E-state index is 0.0664. The topological polar surface area (TPSA) is 124 Å². The Balaban J connectivity index is 1.48. The van der Waals surface area contributed by atoms with Crippen molar-refractivity contribution in [1.29, 1.82) is 0 Å². The number of anilines is 1. The summed E-state index contributed by atoms with van der Waals surface area (Å²) in [5.41, 5.74) is -1.28. The Bertz CT molecular complexity index is 1400. The maximum atomic E-state index is 13.6. The van der Waals surface area contributed by atoms with Crippen LogP contribution in [0.5, 0.6) is 0 Å². The van der Waals surface area contributed by atoms with Gasteiger partial charge in [0.25, 0.3) is 11.6 Å². The van der Waals surface area contributed by atoms with E-state index in [0.29, 0.717) is 49.3 Å². The summed E-state index contributed by atoms with van der Waals surface area (Å²) in [5.74, 6) is 0.496. The first kappa shape index (κ1) is 25.9. The Morgan fingerprint density at radius 3 is 2.66 bits per heavy atom. The van der Waals surface area contributed by atoms with Crippen LogP contribution >= 0.6 is 0 Å². The third kappa shape index (κ3) is 4.53. The molecule has 1 fully saturated rings. The summed E-state index contributed by atoms with van der Waals surface area (Å²) in [4.78, 5) is 34.5. The van der Waals surface area contributed by atoms with Crippen LogP contribution in [0.1, 0.15) is 48.2 Å². The van der Waals surface area contributed by atoms with Crippen LogP contribution in [0.4, 0.5) is 24.7 Å². The van der Waals surface area contributed by atoms with Crippen LogP contribution in [-0.2, 0) is 33.5 Å². The molecule has 1 aromatic carbocycles. The number of carbonyl (C=O) groups is 1. The highest BCUT2D eigenvalue weighted by Crippen LogP contribution is 2.37. The van der Waals surface area contributed by atoms with Gasteiger partial charge in [-0.05, 0) is 18.6 Å². The lowest BCUT2D eigenvalue weighted by Crippen LogP contribution is -2.51. The van der Waals surface area contributed by atoms with Gasteiger partial charge >= 0.3 is 6.18 Å². The fourth-order valence-corrected chi connectivity index (χ4v) is 5.00. The molecule has 0 unspecified atom stereocenters. The van der Waals surface area contributed by atoms with Crippen LogP contribution in [0.25, 0.3) is 5.78 Å². The number of methoxy groups -OCH3 is 1. The number of aromatic nitrogens is 3. The first-order valence-corrected chi connectivity index (χ1v) is 11.9. The number of halogens is 3. The summed E-state index contributed by atoms with van der Waals surface area (Å²) < 4.78 is 53.1. The van der Waals surface area contributed by atoms with Gasteiger partial charge < -0.3 is 19.7 Å². The van der Waals surface area contributed by atoms with Crippen molar-refractivity contribution in [1.82, 2.24) is 19.3 Å². The zero-order chi connectivity index (χ0) is 27.2. The Hall–Kier alpha value is -3.78. The van der Waals surface area contributed by atoms with Crippen LogP contribution in [0.2, 0.25) is 0 Å². The molecule has 0 aliphatic carbocycles. The molecule has 2 aliphatic rings. The van der Waals surface area contributed by atoms with Crippen molar-refractivity contribution in [2.75, 3.05) is 25.6 Å². The second-order valence-electron chi connectivity index (χ2n) is 9.39. The van der Waals surface area contributed by atoms with Crippen molar-refractivity contribution in [3.8, 4) is 0 Å². The standard InChI is InChI=1S/C24H25F3N6O5/c1-14(15-9-16(24(25,26)27)11-17(10-15)33(35)36)29-20-18-12-31(13-19(18)32-6-5-28-22(32)30-20)21(34)23(37-2)3-7-38-8-4-23/h5-6,9-11,14H,3-4,7-8,12-13H2,1-2H3,(H,28,29,30)/t14-/m1/s1. The number of nitrogens with zero attached hydrogens (tertiary/aromatic N) is 5.